The van der Waals surface area contributed by atoms with E-state index in [9.17, 15) is 4.39 Å². The number of piperazine rings is 1. The molecule has 1 aliphatic rings. The maximum atomic E-state index is 13.2. The summed E-state index contributed by atoms with van der Waals surface area (Å²) in [6.07, 6.45) is 0. The van der Waals surface area contributed by atoms with Crippen molar-refractivity contribution < 1.29 is 4.39 Å². The lowest BCUT2D eigenvalue weighted by Gasteiger charge is -2.28. The second-order valence-electron chi connectivity index (χ2n) is 4.00. The van der Waals surface area contributed by atoms with Crippen LogP contribution in [0.4, 0.5) is 10.1 Å². The maximum Gasteiger partial charge on any atom is 0.123 e. The van der Waals surface area contributed by atoms with E-state index in [1.54, 1.807) is 17.4 Å². The van der Waals surface area contributed by atoms with Crippen LogP contribution in [-0.4, -0.2) is 26.2 Å². The van der Waals surface area contributed by atoms with Crippen molar-refractivity contribution in [3.05, 3.63) is 29.4 Å². The van der Waals surface area contributed by atoms with Crippen LogP contribution < -0.4 is 10.2 Å². The lowest BCUT2D eigenvalue weighted by atomic mass is 10.2. The highest BCUT2D eigenvalue weighted by atomic mass is 35.5. The van der Waals surface area contributed by atoms with Crippen molar-refractivity contribution in [1.82, 2.24) is 5.32 Å². The van der Waals surface area contributed by atoms with Crippen LogP contribution in [0.1, 0.15) is 0 Å². The Labute approximate surface area is 110 Å². The van der Waals surface area contributed by atoms with Gasteiger partial charge in [0.25, 0.3) is 0 Å². The van der Waals surface area contributed by atoms with E-state index < -0.39 is 0 Å². The van der Waals surface area contributed by atoms with Gasteiger partial charge >= 0.3 is 0 Å². The Morgan fingerprint density at radius 3 is 2.76 bits per heavy atom. The van der Waals surface area contributed by atoms with Crippen molar-refractivity contribution in [2.75, 3.05) is 31.1 Å². The summed E-state index contributed by atoms with van der Waals surface area (Å²) in [5.41, 5.74) is 1.18. The smallest absolute Gasteiger partial charge is 0.123 e. The zero-order valence-electron chi connectivity index (χ0n) is 9.28. The van der Waals surface area contributed by atoms with E-state index in [0.717, 1.165) is 36.3 Å². The molecule has 92 valence electrons. The Balaban J connectivity index is 0.00000108. The van der Waals surface area contributed by atoms with Crippen LogP contribution in [0.15, 0.2) is 23.6 Å². The molecule has 0 spiro atoms. The average Bonchev–Trinajstić information content (AvgIpc) is 2.73. The number of fused-ring (bicyclic) bond motifs is 1. The van der Waals surface area contributed by atoms with Crippen LogP contribution in [0.25, 0.3) is 10.1 Å². The molecule has 2 nitrogen and oxygen atoms in total. The molecule has 0 saturated carbocycles. The summed E-state index contributed by atoms with van der Waals surface area (Å²) in [5.74, 6) is -0.151. The van der Waals surface area contributed by atoms with Crippen molar-refractivity contribution >= 4 is 39.5 Å². The van der Waals surface area contributed by atoms with Crippen LogP contribution >= 0.6 is 23.7 Å². The summed E-state index contributed by atoms with van der Waals surface area (Å²) < 4.78 is 14.4. The highest BCUT2D eigenvalue weighted by Gasteiger charge is 2.14. The lowest BCUT2D eigenvalue weighted by Crippen LogP contribution is -2.43. The molecule has 1 N–H and O–H groups in total. The molecule has 0 bridgehead atoms. The molecule has 17 heavy (non-hydrogen) atoms. The molecule has 2 aromatic rings. The topological polar surface area (TPSA) is 15.3 Å². The fourth-order valence-electron chi connectivity index (χ4n) is 2.14. The zero-order valence-corrected chi connectivity index (χ0v) is 10.9. The van der Waals surface area contributed by atoms with E-state index in [1.165, 1.54) is 11.8 Å². The van der Waals surface area contributed by atoms with Crippen molar-refractivity contribution in [3.63, 3.8) is 0 Å². The first-order valence-electron chi connectivity index (χ1n) is 5.47. The number of rotatable bonds is 1. The molecule has 0 aliphatic carbocycles. The summed E-state index contributed by atoms with van der Waals surface area (Å²) in [6, 6.07) is 5.03. The van der Waals surface area contributed by atoms with Crippen molar-refractivity contribution in [1.29, 1.82) is 0 Å². The van der Waals surface area contributed by atoms with Gasteiger partial charge in [0.15, 0.2) is 0 Å². The molecule has 3 rings (SSSR count). The van der Waals surface area contributed by atoms with Crippen molar-refractivity contribution in [2.45, 2.75) is 0 Å². The summed E-state index contributed by atoms with van der Waals surface area (Å²) in [6.45, 7) is 4.02. The van der Waals surface area contributed by atoms with E-state index in [0.29, 0.717) is 0 Å². The molecule has 0 unspecified atom stereocenters. The molecule has 0 atom stereocenters. The third-order valence-electron chi connectivity index (χ3n) is 2.97. The number of hydrogen-bond donors (Lipinski definition) is 1. The standard InChI is InChI=1S/C12H13FN2S.ClH/c13-9-1-2-12-10(7-9)11(8-16-12)15-5-3-14-4-6-15;/h1-2,7-8,14H,3-6H2;1H. The Morgan fingerprint density at radius 1 is 1.24 bits per heavy atom. The fraction of sp³-hybridized carbons (Fsp3) is 0.333. The van der Waals surface area contributed by atoms with Gasteiger partial charge < -0.3 is 10.2 Å². The van der Waals surface area contributed by atoms with Crippen LogP contribution in [0.5, 0.6) is 0 Å². The van der Waals surface area contributed by atoms with E-state index in [-0.39, 0.29) is 18.2 Å². The van der Waals surface area contributed by atoms with Gasteiger partial charge in [-0.25, -0.2) is 4.39 Å². The summed E-state index contributed by atoms with van der Waals surface area (Å²) >= 11 is 1.69. The number of thiophene rings is 1. The van der Waals surface area contributed by atoms with Gasteiger partial charge in [0.1, 0.15) is 5.82 Å². The predicted molar refractivity (Wildman–Crippen MR) is 74.1 cm³/mol. The lowest BCUT2D eigenvalue weighted by molar-refractivity contribution is 0.590. The first kappa shape index (κ1) is 12.6. The molecule has 1 fully saturated rings. The van der Waals surface area contributed by atoms with Crippen molar-refractivity contribution in [3.8, 4) is 0 Å². The Hall–Kier alpha value is -0.840. The van der Waals surface area contributed by atoms with Crippen LogP contribution in [-0.2, 0) is 0 Å². The molecule has 2 heterocycles. The molecule has 1 aromatic carbocycles. The third-order valence-corrected chi connectivity index (χ3v) is 3.92. The van der Waals surface area contributed by atoms with Gasteiger partial charge in [-0.05, 0) is 18.2 Å². The highest BCUT2D eigenvalue weighted by Crippen LogP contribution is 2.33. The number of nitrogens with one attached hydrogen (secondary N) is 1. The van der Waals surface area contributed by atoms with Gasteiger partial charge in [-0.3, -0.25) is 0 Å². The van der Waals surface area contributed by atoms with Gasteiger partial charge in [0.05, 0.1) is 5.69 Å². The van der Waals surface area contributed by atoms with Crippen molar-refractivity contribution in [2.24, 2.45) is 0 Å². The normalized spacial score (nSPS) is 15.9. The second-order valence-corrected chi connectivity index (χ2v) is 4.91. The van der Waals surface area contributed by atoms with Gasteiger partial charge in [0.2, 0.25) is 0 Å². The number of halogens is 2. The van der Waals surface area contributed by atoms with Gasteiger partial charge in [0, 0.05) is 41.6 Å². The van der Waals surface area contributed by atoms with Crippen LogP contribution in [0, 0.1) is 5.82 Å². The largest absolute Gasteiger partial charge is 0.368 e. The minimum atomic E-state index is -0.151. The van der Waals surface area contributed by atoms with Gasteiger partial charge in [-0.1, -0.05) is 0 Å². The average molecular weight is 273 g/mol. The van der Waals surface area contributed by atoms with E-state index in [2.05, 4.69) is 15.6 Å². The molecule has 0 amide bonds. The summed E-state index contributed by atoms with van der Waals surface area (Å²) in [7, 11) is 0. The number of hydrogen-bond acceptors (Lipinski definition) is 3. The number of anilines is 1. The highest BCUT2D eigenvalue weighted by molar-refractivity contribution is 7.17. The molecule has 0 radical (unpaired) electrons. The predicted octanol–water partition coefficient (Wildman–Crippen LogP) is 2.87. The van der Waals surface area contributed by atoms with E-state index >= 15 is 0 Å². The molecule has 1 saturated heterocycles. The Morgan fingerprint density at radius 2 is 2.00 bits per heavy atom. The minimum absolute atomic E-state index is 0. The fourth-order valence-corrected chi connectivity index (χ4v) is 3.09. The van der Waals surface area contributed by atoms with E-state index in [4.69, 9.17) is 0 Å². The minimum Gasteiger partial charge on any atom is -0.368 e. The zero-order chi connectivity index (χ0) is 11.0. The molecular weight excluding hydrogens is 259 g/mol. The maximum absolute atomic E-state index is 13.2. The molecular formula is C12H14ClFN2S. The molecule has 5 heteroatoms. The number of nitrogens with zero attached hydrogens (tertiary/aromatic N) is 1. The third kappa shape index (κ3) is 2.39. The molecule has 1 aromatic heterocycles. The summed E-state index contributed by atoms with van der Waals surface area (Å²) in [5, 5.41) is 6.51. The van der Waals surface area contributed by atoms with Gasteiger partial charge in [-0.15, -0.1) is 23.7 Å². The summed E-state index contributed by atoms with van der Waals surface area (Å²) in [4.78, 5) is 2.33. The molecule has 1 aliphatic heterocycles. The monoisotopic (exact) mass is 272 g/mol. The SMILES string of the molecule is Cl.Fc1ccc2scc(N3CCNCC3)c2c1. The van der Waals surface area contributed by atoms with Crippen LogP contribution in [0.2, 0.25) is 0 Å². The Kier molecular flexibility index (Phi) is 3.86. The first-order chi connectivity index (χ1) is 7.84. The number of benzene rings is 1. The first-order valence-corrected chi connectivity index (χ1v) is 6.35. The quantitative estimate of drug-likeness (QED) is 0.859. The van der Waals surface area contributed by atoms with E-state index in [1.807, 2.05) is 6.07 Å². The van der Waals surface area contributed by atoms with Gasteiger partial charge in [-0.2, -0.15) is 0 Å². The van der Waals surface area contributed by atoms with Crippen LogP contribution in [0.3, 0.4) is 0 Å². The second kappa shape index (κ2) is 5.21. The Bertz CT molecular complexity index is 508.